The zero-order valence-corrected chi connectivity index (χ0v) is 20.8. The molecule has 37 heavy (non-hydrogen) atoms. The standard InChI is InChI=1S/C27H29FN4O5/c1-36-19-6-3-7-20(37-2)24(19)32-21(11-10-16-8-9-16)30-25(33)22(27(32)35)26(34)31-14-12-17(15-31)23-18(28)5-4-13-29-23/h3-7,13,16-17,33H,8-12,14-15H2,1-2H3. The third-order valence-electron chi connectivity index (χ3n) is 7.10. The molecule has 1 N–H and O–H groups in total. The number of amides is 1. The molecule has 0 spiro atoms. The van der Waals surface area contributed by atoms with Gasteiger partial charge in [0.1, 0.15) is 28.8 Å². The Morgan fingerprint density at radius 3 is 2.51 bits per heavy atom. The van der Waals surface area contributed by atoms with Crippen molar-refractivity contribution in [2.75, 3.05) is 27.3 Å². The molecule has 1 saturated heterocycles. The first-order chi connectivity index (χ1) is 17.9. The second kappa shape index (κ2) is 10.2. The van der Waals surface area contributed by atoms with E-state index in [0.717, 1.165) is 19.3 Å². The minimum absolute atomic E-state index is 0.174. The number of nitrogens with zero attached hydrogens (tertiary/aromatic N) is 4. The van der Waals surface area contributed by atoms with Crippen molar-refractivity contribution in [3.8, 4) is 23.1 Å². The Kier molecular flexibility index (Phi) is 6.82. The molecule has 0 bridgehead atoms. The van der Waals surface area contributed by atoms with Crippen LogP contribution in [0.15, 0.2) is 41.3 Å². The van der Waals surface area contributed by atoms with E-state index in [1.807, 2.05) is 0 Å². The van der Waals surface area contributed by atoms with Crippen LogP contribution in [-0.4, -0.2) is 57.8 Å². The Bertz CT molecular complexity index is 1370. The molecule has 2 fully saturated rings. The molecular weight excluding hydrogens is 479 g/mol. The van der Waals surface area contributed by atoms with E-state index < -0.39 is 28.7 Å². The van der Waals surface area contributed by atoms with Crippen LogP contribution in [0.4, 0.5) is 4.39 Å². The quantitative estimate of drug-likeness (QED) is 0.497. The third kappa shape index (κ3) is 4.75. The molecule has 3 heterocycles. The molecule has 5 rings (SSSR count). The van der Waals surface area contributed by atoms with Crippen LogP contribution in [0.5, 0.6) is 17.4 Å². The third-order valence-corrected chi connectivity index (χ3v) is 7.10. The number of rotatable bonds is 8. The fourth-order valence-corrected chi connectivity index (χ4v) is 4.95. The van der Waals surface area contributed by atoms with Gasteiger partial charge in [0.25, 0.3) is 11.5 Å². The summed E-state index contributed by atoms with van der Waals surface area (Å²) in [6, 6.07) is 7.96. The Morgan fingerprint density at radius 1 is 1.14 bits per heavy atom. The Labute approximate surface area is 213 Å². The summed E-state index contributed by atoms with van der Waals surface area (Å²) in [5.74, 6) is -0.403. The van der Waals surface area contributed by atoms with Crippen molar-refractivity contribution in [1.82, 2.24) is 19.4 Å². The van der Waals surface area contributed by atoms with Gasteiger partial charge in [-0.1, -0.05) is 18.9 Å². The van der Waals surface area contributed by atoms with Gasteiger partial charge in [0.15, 0.2) is 5.56 Å². The van der Waals surface area contributed by atoms with Crippen molar-refractivity contribution < 1.29 is 23.8 Å². The summed E-state index contributed by atoms with van der Waals surface area (Å²) in [6.07, 6.45) is 5.49. The lowest BCUT2D eigenvalue weighted by Crippen LogP contribution is -2.37. The predicted molar refractivity (Wildman–Crippen MR) is 133 cm³/mol. The second-order valence-corrected chi connectivity index (χ2v) is 9.47. The Morgan fingerprint density at radius 2 is 1.86 bits per heavy atom. The highest BCUT2D eigenvalue weighted by atomic mass is 19.1. The van der Waals surface area contributed by atoms with Crippen LogP contribution in [0.2, 0.25) is 0 Å². The van der Waals surface area contributed by atoms with E-state index in [-0.39, 0.29) is 18.2 Å². The number of halogens is 1. The Balaban J connectivity index is 1.57. The topological polar surface area (TPSA) is 107 Å². The van der Waals surface area contributed by atoms with Crippen molar-refractivity contribution in [2.45, 2.75) is 38.0 Å². The number of aromatic nitrogens is 3. The maximum Gasteiger partial charge on any atom is 0.275 e. The van der Waals surface area contributed by atoms with E-state index in [2.05, 4.69) is 9.97 Å². The average molecular weight is 509 g/mol. The molecule has 1 atom stereocenters. The number of benzene rings is 1. The number of pyridine rings is 1. The number of carbonyl (C=O) groups is 1. The van der Waals surface area contributed by atoms with Gasteiger partial charge in [-0.2, -0.15) is 4.98 Å². The molecule has 1 saturated carbocycles. The number of likely N-dealkylation sites (tertiary alicyclic amines) is 1. The highest BCUT2D eigenvalue weighted by molar-refractivity contribution is 5.96. The van der Waals surface area contributed by atoms with Gasteiger partial charge >= 0.3 is 0 Å². The first-order valence-electron chi connectivity index (χ1n) is 12.4. The summed E-state index contributed by atoms with van der Waals surface area (Å²) in [7, 11) is 2.96. The molecule has 2 aromatic heterocycles. The van der Waals surface area contributed by atoms with Crippen LogP contribution in [0.3, 0.4) is 0 Å². The number of carbonyl (C=O) groups excluding carboxylic acids is 1. The summed E-state index contributed by atoms with van der Waals surface area (Å²) >= 11 is 0. The minimum Gasteiger partial charge on any atom is -0.494 e. The molecule has 0 radical (unpaired) electrons. The lowest BCUT2D eigenvalue weighted by Gasteiger charge is -2.21. The van der Waals surface area contributed by atoms with Gasteiger partial charge in [-0.25, -0.2) is 4.39 Å². The van der Waals surface area contributed by atoms with E-state index in [4.69, 9.17) is 9.47 Å². The first kappa shape index (κ1) is 24.7. The van der Waals surface area contributed by atoms with E-state index >= 15 is 0 Å². The van der Waals surface area contributed by atoms with Crippen LogP contribution >= 0.6 is 0 Å². The SMILES string of the molecule is COc1cccc(OC)c1-n1c(CCC2CC2)nc(O)c(C(=O)N2CCC(c3ncccc3F)C2)c1=O. The number of ether oxygens (including phenoxy) is 2. The molecule has 1 unspecified atom stereocenters. The van der Waals surface area contributed by atoms with Crippen molar-refractivity contribution in [1.29, 1.82) is 0 Å². The largest absolute Gasteiger partial charge is 0.494 e. The number of aryl methyl sites for hydroxylation is 1. The molecule has 3 aromatic rings. The van der Waals surface area contributed by atoms with Gasteiger partial charge in [0, 0.05) is 31.6 Å². The minimum atomic E-state index is -0.710. The monoisotopic (exact) mass is 508 g/mol. The number of hydrogen-bond acceptors (Lipinski definition) is 7. The second-order valence-electron chi connectivity index (χ2n) is 9.47. The highest BCUT2D eigenvalue weighted by Crippen LogP contribution is 2.36. The van der Waals surface area contributed by atoms with Gasteiger partial charge in [-0.05, 0) is 43.0 Å². The number of aromatic hydroxyl groups is 1. The summed E-state index contributed by atoms with van der Waals surface area (Å²) in [4.78, 5) is 37.4. The van der Waals surface area contributed by atoms with Crippen molar-refractivity contribution in [3.05, 3.63) is 69.8 Å². The van der Waals surface area contributed by atoms with Crippen LogP contribution in [0.1, 0.15) is 53.5 Å². The van der Waals surface area contributed by atoms with Gasteiger partial charge < -0.3 is 19.5 Å². The fourth-order valence-electron chi connectivity index (χ4n) is 4.95. The molecule has 1 aliphatic carbocycles. The normalized spacial score (nSPS) is 17.2. The highest BCUT2D eigenvalue weighted by Gasteiger charge is 2.35. The van der Waals surface area contributed by atoms with E-state index in [0.29, 0.717) is 48.3 Å². The molecule has 194 valence electrons. The smallest absolute Gasteiger partial charge is 0.275 e. The van der Waals surface area contributed by atoms with Gasteiger partial charge in [-0.15, -0.1) is 0 Å². The molecule has 10 heteroatoms. The molecule has 2 aliphatic rings. The van der Waals surface area contributed by atoms with Crippen molar-refractivity contribution >= 4 is 5.91 Å². The number of hydrogen-bond donors (Lipinski definition) is 1. The summed E-state index contributed by atoms with van der Waals surface area (Å²) in [5, 5.41) is 10.8. The van der Waals surface area contributed by atoms with Gasteiger partial charge in [0.2, 0.25) is 5.88 Å². The van der Waals surface area contributed by atoms with Crippen LogP contribution in [0, 0.1) is 11.7 Å². The molecule has 1 aliphatic heterocycles. The van der Waals surface area contributed by atoms with Gasteiger partial charge in [-0.3, -0.25) is 19.1 Å². The van der Waals surface area contributed by atoms with Crippen LogP contribution < -0.4 is 15.0 Å². The van der Waals surface area contributed by atoms with Crippen LogP contribution in [0.25, 0.3) is 5.69 Å². The average Bonchev–Trinajstić information content (AvgIpc) is 3.60. The van der Waals surface area contributed by atoms with E-state index in [9.17, 15) is 19.1 Å². The number of para-hydroxylation sites is 1. The van der Waals surface area contributed by atoms with Crippen LogP contribution in [-0.2, 0) is 6.42 Å². The van der Waals surface area contributed by atoms with Crippen molar-refractivity contribution in [3.63, 3.8) is 0 Å². The molecule has 9 nitrogen and oxygen atoms in total. The maximum atomic E-state index is 14.3. The Hall–Kier alpha value is -3.95. The maximum absolute atomic E-state index is 14.3. The zero-order chi connectivity index (χ0) is 26.1. The lowest BCUT2D eigenvalue weighted by molar-refractivity contribution is 0.0784. The predicted octanol–water partition coefficient (Wildman–Crippen LogP) is 3.46. The molecule has 1 amide bonds. The zero-order valence-electron chi connectivity index (χ0n) is 20.8. The summed E-state index contributed by atoms with van der Waals surface area (Å²) in [5.41, 5.74) is -0.546. The molecular formula is C27H29FN4O5. The first-order valence-corrected chi connectivity index (χ1v) is 12.4. The lowest BCUT2D eigenvalue weighted by atomic mass is 10.0. The van der Waals surface area contributed by atoms with E-state index in [1.165, 1.54) is 42.0 Å². The van der Waals surface area contributed by atoms with Crippen molar-refractivity contribution in [2.24, 2.45) is 5.92 Å². The van der Waals surface area contributed by atoms with Gasteiger partial charge in [0.05, 0.1) is 19.9 Å². The fraction of sp³-hybridized carbons (Fsp3) is 0.407. The molecule has 1 aromatic carbocycles. The summed E-state index contributed by atoms with van der Waals surface area (Å²) < 4.78 is 26.7. The van der Waals surface area contributed by atoms with E-state index in [1.54, 1.807) is 18.2 Å². The number of methoxy groups -OCH3 is 2. The summed E-state index contributed by atoms with van der Waals surface area (Å²) in [6.45, 7) is 0.465.